The van der Waals surface area contributed by atoms with Gasteiger partial charge < -0.3 is 4.74 Å². The molecular weight excluding hydrogens is 503 g/mol. The third kappa shape index (κ3) is 6.98. The van der Waals surface area contributed by atoms with Gasteiger partial charge in [-0.3, -0.25) is 9.52 Å². The van der Waals surface area contributed by atoms with E-state index in [0.717, 1.165) is 12.1 Å². The molecule has 0 heterocycles. The maximum absolute atomic E-state index is 13.1. The topological polar surface area (TPSA) is 72.5 Å². The number of nitrogens with one attached hydrogen (secondary N) is 1. The van der Waals surface area contributed by atoms with E-state index in [9.17, 15) is 26.4 Å². The fourth-order valence-electron chi connectivity index (χ4n) is 3.66. The van der Waals surface area contributed by atoms with E-state index in [4.69, 9.17) is 4.74 Å². The van der Waals surface area contributed by atoms with E-state index in [-0.39, 0.29) is 34.6 Å². The van der Waals surface area contributed by atoms with Crippen LogP contribution in [-0.2, 0) is 33.8 Å². The molecule has 0 saturated heterocycles. The first-order chi connectivity index (χ1) is 17.6. The molecule has 37 heavy (non-hydrogen) atoms. The van der Waals surface area contributed by atoms with Gasteiger partial charge in [0.2, 0.25) is 0 Å². The third-order valence-corrected chi connectivity index (χ3v) is 6.76. The van der Waals surface area contributed by atoms with Crippen molar-refractivity contribution in [2.24, 2.45) is 0 Å². The zero-order chi connectivity index (χ0) is 26.5. The summed E-state index contributed by atoms with van der Waals surface area (Å²) in [7, 11) is -3.98. The van der Waals surface area contributed by atoms with Crippen molar-refractivity contribution in [3.05, 3.63) is 120 Å². The number of anilines is 1. The van der Waals surface area contributed by atoms with Crippen LogP contribution in [0.3, 0.4) is 0 Å². The number of benzene rings is 4. The van der Waals surface area contributed by atoms with Crippen LogP contribution in [0.5, 0.6) is 11.5 Å². The van der Waals surface area contributed by atoms with Crippen LogP contribution in [0.1, 0.15) is 16.7 Å². The summed E-state index contributed by atoms with van der Waals surface area (Å²) in [4.78, 5) is 12.8. The number of ether oxygens (including phenoxy) is 1. The van der Waals surface area contributed by atoms with E-state index in [1.54, 1.807) is 60.7 Å². The third-order valence-electron chi connectivity index (χ3n) is 5.38. The molecule has 0 fully saturated rings. The molecule has 0 aliphatic carbocycles. The van der Waals surface area contributed by atoms with Crippen molar-refractivity contribution in [2.75, 3.05) is 4.72 Å². The quantitative estimate of drug-likeness (QED) is 0.266. The first-order valence-electron chi connectivity index (χ1n) is 11.2. The Labute approximate surface area is 212 Å². The molecule has 0 aromatic heterocycles. The fourth-order valence-corrected chi connectivity index (χ4v) is 4.77. The number of halogens is 3. The highest BCUT2D eigenvalue weighted by Crippen LogP contribution is 2.31. The molecule has 0 aliphatic rings. The number of rotatable bonds is 9. The lowest BCUT2D eigenvalue weighted by molar-refractivity contribution is -0.137. The summed E-state index contributed by atoms with van der Waals surface area (Å²) in [6, 6.07) is 25.8. The molecule has 4 rings (SSSR count). The summed E-state index contributed by atoms with van der Waals surface area (Å²) in [5.74, 6) is 0.345. The molecule has 0 spiro atoms. The molecule has 190 valence electrons. The maximum atomic E-state index is 13.1. The van der Waals surface area contributed by atoms with Crippen LogP contribution in [0.2, 0.25) is 0 Å². The average molecular weight is 526 g/mol. The van der Waals surface area contributed by atoms with Gasteiger partial charge in [-0.25, -0.2) is 8.42 Å². The highest BCUT2D eigenvalue weighted by molar-refractivity contribution is 7.92. The Hall–Kier alpha value is -4.11. The van der Waals surface area contributed by atoms with Gasteiger partial charge in [-0.05, 0) is 54.1 Å². The molecule has 5 nitrogen and oxygen atoms in total. The molecule has 0 amide bonds. The van der Waals surface area contributed by atoms with Crippen LogP contribution in [-0.4, -0.2) is 14.2 Å². The van der Waals surface area contributed by atoms with Gasteiger partial charge in [0.25, 0.3) is 10.0 Å². The Balaban J connectivity index is 1.62. The van der Waals surface area contributed by atoms with Gasteiger partial charge in [0, 0.05) is 24.1 Å². The van der Waals surface area contributed by atoms with Crippen molar-refractivity contribution in [2.45, 2.75) is 23.9 Å². The summed E-state index contributed by atoms with van der Waals surface area (Å²) < 4.78 is 73.5. The number of carbonyl (C=O) groups is 1. The Morgan fingerprint density at radius 1 is 0.784 bits per heavy atom. The first kappa shape index (κ1) is 26.0. The van der Waals surface area contributed by atoms with Crippen molar-refractivity contribution < 1.29 is 31.1 Å². The van der Waals surface area contributed by atoms with Crippen molar-refractivity contribution in [1.82, 2.24) is 0 Å². The zero-order valence-corrected chi connectivity index (χ0v) is 20.2. The van der Waals surface area contributed by atoms with Gasteiger partial charge in [0.15, 0.2) is 0 Å². The fraction of sp³-hybridized carbons (Fsp3) is 0.107. The minimum atomic E-state index is -4.52. The van der Waals surface area contributed by atoms with Crippen molar-refractivity contribution >= 4 is 21.5 Å². The lowest BCUT2D eigenvalue weighted by Crippen LogP contribution is -2.14. The highest BCUT2D eigenvalue weighted by atomic mass is 32.2. The highest BCUT2D eigenvalue weighted by Gasteiger charge is 2.30. The molecule has 0 radical (unpaired) electrons. The van der Waals surface area contributed by atoms with Gasteiger partial charge in [-0.1, -0.05) is 54.6 Å². The number of alkyl halides is 3. The lowest BCUT2D eigenvalue weighted by atomic mass is 10.0. The second-order valence-electron chi connectivity index (χ2n) is 8.25. The number of carbonyl (C=O) groups excluding carboxylic acids is 1. The van der Waals surface area contributed by atoms with Gasteiger partial charge in [-0.2, -0.15) is 13.2 Å². The smallest absolute Gasteiger partial charge is 0.416 e. The summed E-state index contributed by atoms with van der Waals surface area (Å²) in [5, 5.41) is 0. The summed E-state index contributed by atoms with van der Waals surface area (Å²) >= 11 is 0. The van der Waals surface area contributed by atoms with Crippen molar-refractivity contribution in [3.63, 3.8) is 0 Å². The van der Waals surface area contributed by atoms with Crippen LogP contribution < -0.4 is 9.46 Å². The summed E-state index contributed by atoms with van der Waals surface area (Å²) in [5.41, 5.74) is 0.0249. The molecule has 4 aromatic carbocycles. The molecule has 0 bridgehead atoms. The first-order valence-corrected chi connectivity index (χ1v) is 12.7. The molecule has 0 atom stereocenters. The van der Waals surface area contributed by atoms with Crippen LogP contribution in [0.25, 0.3) is 0 Å². The molecule has 9 heteroatoms. The molecule has 4 aromatic rings. The molecule has 0 aliphatic heterocycles. The number of ketones is 1. The molecular formula is C28H22F3NO4S. The Morgan fingerprint density at radius 2 is 1.46 bits per heavy atom. The normalized spacial score (nSPS) is 11.6. The number of sulfonamides is 1. The zero-order valence-electron chi connectivity index (χ0n) is 19.4. The maximum Gasteiger partial charge on any atom is 0.416 e. The number of hydrogen-bond acceptors (Lipinski definition) is 4. The number of para-hydroxylation sites is 2. The second kappa shape index (κ2) is 10.9. The second-order valence-corrected chi connectivity index (χ2v) is 9.93. The predicted octanol–water partition coefficient (Wildman–Crippen LogP) is 6.65. The monoisotopic (exact) mass is 525 g/mol. The van der Waals surface area contributed by atoms with Gasteiger partial charge >= 0.3 is 6.18 Å². The van der Waals surface area contributed by atoms with Crippen LogP contribution in [0.15, 0.2) is 108 Å². The number of Topliss-reactive ketones (excluding diaryl/α,β-unsaturated/α-hetero) is 1. The van der Waals surface area contributed by atoms with Crippen molar-refractivity contribution in [1.29, 1.82) is 0 Å². The van der Waals surface area contributed by atoms with Crippen LogP contribution >= 0.6 is 0 Å². The van der Waals surface area contributed by atoms with Gasteiger partial charge in [0.1, 0.15) is 17.3 Å². The Morgan fingerprint density at radius 3 is 2.14 bits per heavy atom. The van der Waals surface area contributed by atoms with Gasteiger partial charge in [-0.15, -0.1) is 0 Å². The predicted molar refractivity (Wildman–Crippen MR) is 134 cm³/mol. The summed E-state index contributed by atoms with van der Waals surface area (Å²) in [6.45, 7) is 0. The van der Waals surface area contributed by atoms with Gasteiger partial charge in [0.05, 0.1) is 10.5 Å². The summed E-state index contributed by atoms with van der Waals surface area (Å²) in [6.07, 6.45) is -5.02. The largest absolute Gasteiger partial charge is 0.457 e. The minimum Gasteiger partial charge on any atom is -0.457 e. The average Bonchev–Trinajstić information content (AvgIpc) is 2.85. The molecule has 0 unspecified atom stereocenters. The van der Waals surface area contributed by atoms with Crippen LogP contribution in [0, 0.1) is 0 Å². The van der Waals surface area contributed by atoms with E-state index >= 15 is 0 Å². The van der Waals surface area contributed by atoms with E-state index in [1.807, 2.05) is 0 Å². The van der Waals surface area contributed by atoms with Crippen LogP contribution in [0.4, 0.5) is 18.9 Å². The Kier molecular flexibility index (Phi) is 7.63. The van der Waals surface area contributed by atoms with E-state index in [2.05, 4.69) is 4.72 Å². The Bertz CT molecular complexity index is 1490. The minimum absolute atomic E-state index is 0.0846. The van der Waals surface area contributed by atoms with E-state index in [0.29, 0.717) is 11.4 Å². The standard InChI is InChI=1S/C28H22F3NO4S/c29-28(30,31)22-9-7-8-20(16-22)17-24(33)18-21-19-26(37(34,35)32-23-10-3-1-4-11-23)14-15-27(21)36-25-12-5-2-6-13-25/h1-16,19,32H,17-18H2. The molecule has 0 saturated carbocycles. The number of hydrogen-bond donors (Lipinski definition) is 1. The van der Waals surface area contributed by atoms with E-state index in [1.165, 1.54) is 30.3 Å². The van der Waals surface area contributed by atoms with E-state index < -0.39 is 27.5 Å². The van der Waals surface area contributed by atoms with Crippen molar-refractivity contribution in [3.8, 4) is 11.5 Å². The SMILES string of the molecule is O=C(Cc1cccc(C(F)(F)F)c1)Cc1cc(S(=O)(=O)Nc2ccccc2)ccc1Oc1ccccc1. The lowest BCUT2D eigenvalue weighted by Gasteiger charge is -2.14. The molecule has 1 N–H and O–H groups in total.